The SMILES string of the molecule is COc1cc(C2C3=C(CCCC3=O)N(CC(=O)O)C3=C2C(=O)CCC3)cc(Br)c1OCc1ccc(Cl)cc1. The van der Waals surface area contributed by atoms with E-state index in [2.05, 4.69) is 15.9 Å². The number of carbonyl (C=O) groups is 3. The van der Waals surface area contributed by atoms with Crippen LogP contribution in [0.2, 0.25) is 5.02 Å². The summed E-state index contributed by atoms with van der Waals surface area (Å²) in [5.41, 5.74) is 4.16. The number of aliphatic carboxylic acids is 1. The van der Waals surface area contributed by atoms with E-state index in [0.29, 0.717) is 77.3 Å². The second-order valence-electron chi connectivity index (χ2n) is 9.64. The summed E-state index contributed by atoms with van der Waals surface area (Å²) in [6.07, 6.45) is 3.23. The van der Waals surface area contributed by atoms with Crippen molar-refractivity contribution >= 4 is 45.1 Å². The fraction of sp³-hybridized carbons (Fsp3) is 0.345. The van der Waals surface area contributed by atoms with Crippen molar-refractivity contribution in [2.24, 2.45) is 0 Å². The van der Waals surface area contributed by atoms with Crippen LogP contribution in [0.3, 0.4) is 0 Å². The minimum atomic E-state index is -0.996. The lowest BCUT2D eigenvalue weighted by Crippen LogP contribution is -2.41. The number of carboxylic acids is 1. The van der Waals surface area contributed by atoms with Gasteiger partial charge < -0.3 is 19.5 Å². The number of carboxylic acid groups (broad SMARTS) is 1. The molecule has 3 aliphatic rings. The van der Waals surface area contributed by atoms with Crippen LogP contribution in [0.1, 0.15) is 55.6 Å². The molecule has 2 aromatic carbocycles. The molecule has 198 valence electrons. The summed E-state index contributed by atoms with van der Waals surface area (Å²) in [5.74, 6) is -0.703. The summed E-state index contributed by atoms with van der Waals surface area (Å²) >= 11 is 9.61. The van der Waals surface area contributed by atoms with Crippen LogP contribution >= 0.6 is 27.5 Å². The van der Waals surface area contributed by atoms with Crippen LogP contribution in [-0.2, 0) is 21.0 Å². The summed E-state index contributed by atoms with van der Waals surface area (Å²) in [4.78, 5) is 40.2. The first kappa shape index (κ1) is 26.5. The molecule has 0 saturated heterocycles. The lowest BCUT2D eigenvalue weighted by molar-refractivity contribution is -0.138. The molecule has 0 radical (unpaired) electrons. The number of carbonyl (C=O) groups excluding carboxylic acids is 2. The zero-order valence-electron chi connectivity index (χ0n) is 20.9. The Hall–Kier alpha value is -3.10. The normalized spacial score (nSPS) is 17.9. The molecule has 0 bridgehead atoms. The molecule has 0 spiro atoms. The molecule has 38 heavy (non-hydrogen) atoms. The van der Waals surface area contributed by atoms with Gasteiger partial charge in [-0.2, -0.15) is 0 Å². The maximum Gasteiger partial charge on any atom is 0.323 e. The predicted octanol–water partition coefficient (Wildman–Crippen LogP) is 6.19. The molecule has 0 fully saturated rings. The number of rotatable bonds is 7. The van der Waals surface area contributed by atoms with Crippen molar-refractivity contribution in [3.05, 3.63) is 79.6 Å². The molecule has 1 aliphatic heterocycles. The predicted molar refractivity (Wildman–Crippen MR) is 145 cm³/mol. The van der Waals surface area contributed by atoms with Crippen molar-refractivity contribution in [1.82, 2.24) is 4.90 Å². The molecule has 9 heteroatoms. The largest absolute Gasteiger partial charge is 0.493 e. The Morgan fingerprint density at radius 3 is 2.18 bits per heavy atom. The van der Waals surface area contributed by atoms with Gasteiger partial charge in [-0.1, -0.05) is 23.7 Å². The van der Waals surface area contributed by atoms with Crippen LogP contribution in [0.15, 0.2) is 63.4 Å². The third-order valence-electron chi connectivity index (χ3n) is 7.26. The molecule has 5 rings (SSSR count). The van der Waals surface area contributed by atoms with Gasteiger partial charge in [0.15, 0.2) is 23.1 Å². The van der Waals surface area contributed by atoms with Crippen LogP contribution in [-0.4, -0.2) is 41.2 Å². The van der Waals surface area contributed by atoms with Gasteiger partial charge in [0.1, 0.15) is 13.2 Å². The molecular weight excluding hydrogens is 574 g/mol. The monoisotopic (exact) mass is 599 g/mol. The molecule has 1 N–H and O–H groups in total. The van der Waals surface area contributed by atoms with E-state index in [9.17, 15) is 19.5 Å². The number of ketones is 2. The highest BCUT2D eigenvalue weighted by atomic mass is 79.9. The van der Waals surface area contributed by atoms with E-state index in [-0.39, 0.29) is 18.1 Å². The third-order valence-corrected chi connectivity index (χ3v) is 8.10. The van der Waals surface area contributed by atoms with E-state index in [0.717, 1.165) is 22.5 Å². The number of hydrogen-bond donors (Lipinski definition) is 1. The first-order valence-electron chi connectivity index (χ1n) is 12.5. The van der Waals surface area contributed by atoms with Gasteiger partial charge in [0.25, 0.3) is 0 Å². The molecule has 0 amide bonds. The van der Waals surface area contributed by atoms with E-state index in [1.807, 2.05) is 24.3 Å². The first-order valence-corrected chi connectivity index (χ1v) is 13.7. The van der Waals surface area contributed by atoms with Crippen molar-refractivity contribution in [3.8, 4) is 11.5 Å². The van der Waals surface area contributed by atoms with Crippen molar-refractivity contribution in [1.29, 1.82) is 0 Å². The van der Waals surface area contributed by atoms with Gasteiger partial charge >= 0.3 is 5.97 Å². The minimum absolute atomic E-state index is 0.0466. The summed E-state index contributed by atoms with van der Waals surface area (Å²) in [6.45, 7) is 0.0239. The molecular formula is C29H27BrClNO6. The van der Waals surface area contributed by atoms with Crippen LogP contribution in [0.5, 0.6) is 11.5 Å². The topological polar surface area (TPSA) is 93.1 Å². The highest BCUT2D eigenvalue weighted by Gasteiger charge is 2.44. The van der Waals surface area contributed by atoms with Gasteiger partial charge in [-0.15, -0.1) is 0 Å². The van der Waals surface area contributed by atoms with Gasteiger partial charge in [-0.05, 0) is 77.0 Å². The fourth-order valence-electron chi connectivity index (χ4n) is 5.66. The zero-order chi connectivity index (χ0) is 27.0. The van der Waals surface area contributed by atoms with Crippen LogP contribution in [0.4, 0.5) is 0 Å². The quantitative estimate of drug-likeness (QED) is 0.405. The number of ether oxygens (including phenoxy) is 2. The van der Waals surface area contributed by atoms with Crippen molar-refractivity contribution < 1.29 is 29.0 Å². The Kier molecular flexibility index (Phi) is 7.63. The number of hydrogen-bond acceptors (Lipinski definition) is 6. The molecule has 0 saturated carbocycles. The average Bonchev–Trinajstić information content (AvgIpc) is 2.89. The van der Waals surface area contributed by atoms with Gasteiger partial charge in [0.05, 0.1) is 11.6 Å². The molecule has 2 aromatic rings. The number of allylic oxidation sites excluding steroid dienone is 4. The van der Waals surface area contributed by atoms with Crippen LogP contribution < -0.4 is 9.47 Å². The lowest BCUT2D eigenvalue weighted by atomic mass is 9.71. The maximum atomic E-state index is 13.4. The highest BCUT2D eigenvalue weighted by Crippen LogP contribution is 2.51. The maximum absolute atomic E-state index is 13.4. The Bertz CT molecular complexity index is 1340. The molecule has 0 aromatic heterocycles. The number of Topliss-reactive ketones (excluding diaryl/α,β-unsaturated/α-hetero) is 2. The zero-order valence-corrected chi connectivity index (χ0v) is 23.2. The molecule has 0 atom stereocenters. The fourth-order valence-corrected chi connectivity index (χ4v) is 6.36. The number of methoxy groups -OCH3 is 1. The second-order valence-corrected chi connectivity index (χ2v) is 10.9. The lowest BCUT2D eigenvalue weighted by Gasteiger charge is -2.43. The van der Waals surface area contributed by atoms with Gasteiger partial charge in [-0.25, -0.2) is 0 Å². The molecule has 1 heterocycles. The number of benzene rings is 2. The highest BCUT2D eigenvalue weighted by molar-refractivity contribution is 9.10. The summed E-state index contributed by atoms with van der Waals surface area (Å²) in [6, 6.07) is 11.0. The molecule has 0 unspecified atom stereocenters. The number of nitrogens with zero attached hydrogens (tertiary/aromatic N) is 1. The van der Waals surface area contributed by atoms with Gasteiger partial charge in [-0.3, -0.25) is 14.4 Å². The van der Waals surface area contributed by atoms with E-state index < -0.39 is 11.9 Å². The van der Waals surface area contributed by atoms with Gasteiger partial charge in [0.2, 0.25) is 0 Å². The summed E-state index contributed by atoms with van der Waals surface area (Å²) < 4.78 is 12.4. The summed E-state index contributed by atoms with van der Waals surface area (Å²) in [5, 5.41) is 10.3. The Morgan fingerprint density at radius 2 is 1.63 bits per heavy atom. The first-order chi connectivity index (χ1) is 18.3. The van der Waals surface area contributed by atoms with Gasteiger partial charge in [0, 0.05) is 46.3 Å². The summed E-state index contributed by atoms with van der Waals surface area (Å²) in [7, 11) is 1.54. The third kappa shape index (κ3) is 4.99. The standard InChI is InChI=1S/C29H27BrClNO6/c1-37-24-13-17(12-19(30)29(24)38-15-16-8-10-18(31)11-9-16)26-27-20(4-2-6-22(27)33)32(14-25(35)36)21-5-3-7-23(34)28(21)26/h8-13,26H,2-7,14-15H2,1H3,(H,35,36). The van der Waals surface area contributed by atoms with E-state index in [1.165, 1.54) is 0 Å². The second kappa shape index (κ2) is 10.9. The van der Waals surface area contributed by atoms with E-state index >= 15 is 0 Å². The van der Waals surface area contributed by atoms with E-state index in [1.54, 1.807) is 24.1 Å². The van der Waals surface area contributed by atoms with Crippen molar-refractivity contribution in [2.75, 3.05) is 13.7 Å². The minimum Gasteiger partial charge on any atom is -0.493 e. The average molecular weight is 601 g/mol. The van der Waals surface area contributed by atoms with E-state index in [4.69, 9.17) is 21.1 Å². The number of halogens is 2. The molecule has 7 nitrogen and oxygen atoms in total. The van der Waals surface area contributed by atoms with Crippen LogP contribution in [0.25, 0.3) is 0 Å². The van der Waals surface area contributed by atoms with Crippen molar-refractivity contribution in [2.45, 2.75) is 51.0 Å². The van der Waals surface area contributed by atoms with Crippen molar-refractivity contribution in [3.63, 3.8) is 0 Å². The Morgan fingerprint density at radius 1 is 1.03 bits per heavy atom. The van der Waals surface area contributed by atoms with Crippen LogP contribution in [0, 0.1) is 0 Å². The molecule has 2 aliphatic carbocycles. The Labute approximate surface area is 234 Å². The smallest absolute Gasteiger partial charge is 0.323 e. The Balaban J connectivity index is 1.60.